The van der Waals surface area contributed by atoms with Crippen LogP contribution < -0.4 is 10.1 Å². The Morgan fingerprint density at radius 2 is 2.15 bits per heavy atom. The van der Waals surface area contributed by atoms with E-state index < -0.39 is 0 Å². The van der Waals surface area contributed by atoms with Crippen LogP contribution in [0, 0.1) is 0 Å². The maximum atomic E-state index is 6.08. The summed E-state index contributed by atoms with van der Waals surface area (Å²) in [5.41, 5.74) is 3.90. The van der Waals surface area contributed by atoms with Gasteiger partial charge in [0.05, 0.1) is 0 Å². The minimum absolute atomic E-state index is 0.141. The second-order valence-electron chi connectivity index (χ2n) is 5.23. The predicted molar refractivity (Wildman–Crippen MR) is 79.7 cm³/mol. The second-order valence-corrected chi connectivity index (χ2v) is 5.23. The summed E-state index contributed by atoms with van der Waals surface area (Å²) in [6, 6.07) is 12.6. The molecule has 3 rings (SSSR count). The van der Waals surface area contributed by atoms with Crippen molar-refractivity contribution in [3.8, 4) is 5.88 Å². The lowest BCUT2D eigenvalue weighted by atomic mass is 9.89. The Balaban J connectivity index is 1.75. The third-order valence-electron chi connectivity index (χ3n) is 3.76. The molecule has 20 heavy (non-hydrogen) atoms. The molecule has 1 N–H and O–H groups in total. The number of aromatic nitrogens is 1. The van der Waals surface area contributed by atoms with Crippen LogP contribution in [0.25, 0.3) is 0 Å². The van der Waals surface area contributed by atoms with Crippen molar-refractivity contribution in [1.82, 2.24) is 10.3 Å². The van der Waals surface area contributed by atoms with Crippen LogP contribution >= 0.6 is 0 Å². The molecule has 0 radical (unpaired) electrons. The third kappa shape index (κ3) is 2.83. The van der Waals surface area contributed by atoms with Gasteiger partial charge in [-0.15, -0.1) is 0 Å². The lowest BCUT2D eigenvalue weighted by Crippen LogP contribution is -2.15. The molecular formula is C17H20N2O. The van der Waals surface area contributed by atoms with E-state index in [1.54, 1.807) is 0 Å². The van der Waals surface area contributed by atoms with E-state index in [4.69, 9.17) is 4.74 Å². The van der Waals surface area contributed by atoms with Gasteiger partial charge in [-0.05, 0) is 43.0 Å². The summed E-state index contributed by atoms with van der Waals surface area (Å²) >= 11 is 0. The molecule has 0 bridgehead atoms. The fourth-order valence-corrected chi connectivity index (χ4v) is 2.77. The normalized spacial score (nSPS) is 17.6. The summed E-state index contributed by atoms with van der Waals surface area (Å²) in [6.45, 7) is 0.833. The first-order chi connectivity index (χ1) is 9.86. The van der Waals surface area contributed by atoms with E-state index in [1.807, 2.05) is 19.3 Å². The number of fused-ring (bicyclic) bond motifs is 1. The molecule has 1 aliphatic carbocycles. The van der Waals surface area contributed by atoms with Crippen LogP contribution in [0.5, 0.6) is 5.88 Å². The first kappa shape index (κ1) is 13.1. The molecule has 1 unspecified atom stereocenters. The Morgan fingerprint density at radius 1 is 1.25 bits per heavy atom. The molecule has 1 aliphatic rings. The third-order valence-corrected chi connectivity index (χ3v) is 3.76. The van der Waals surface area contributed by atoms with Gasteiger partial charge >= 0.3 is 0 Å². The van der Waals surface area contributed by atoms with Crippen LogP contribution in [-0.2, 0) is 13.0 Å². The fraction of sp³-hybridized carbons (Fsp3) is 0.353. The summed E-state index contributed by atoms with van der Waals surface area (Å²) in [5, 5.41) is 3.12. The number of rotatable bonds is 4. The lowest BCUT2D eigenvalue weighted by molar-refractivity contribution is 0.175. The number of nitrogens with zero attached hydrogens (tertiary/aromatic N) is 1. The van der Waals surface area contributed by atoms with E-state index in [-0.39, 0.29) is 6.10 Å². The Kier molecular flexibility index (Phi) is 3.97. The number of pyridine rings is 1. The number of aryl methyl sites for hydroxylation is 1. The van der Waals surface area contributed by atoms with E-state index in [9.17, 15) is 0 Å². The zero-order chi connectivity index (χ0) is 13.8. The Labute approximate surface area is 120 Å². The van der Waals surface area contributed by atoms with Gasteiger partial charge in [0.1, 0.15) is 6.10 Å². The van der Waals surface area contributed by atoms with Gasteiger partial charge in [-0.3, -0.25) is 0 Å². The molecule has 3 heteroatoms. The van der Waals surface area contributed by atoms with E-state index in [2.05, 4.69) is 40.6 Å². The second kappa shape index (κ2) is 6.06. The molecule has 3 nitrogen and oxygen atoms in total. The van der Waals surface area contributed by atoms with Gasteiger partial charge in [0.2, 0.25) is 5.88 Å². The SMILES string of the molecule is CNCc1ccc(OC2CCCc3ccccc32)nc1. The minimum Gasteiger partial charge on any atom is -0.469 e. The summed E-state index contributed by atoms with van der Waals surface area (Å²) < 4.78 is 6.08. The quantitative estimate of drug-likeness (QED) is 0.924. The number of ether oxygens (including phenoxy) is 1. The molecule has 0 saturated carbocycles. The van der Waals surface area contributed by atoms with Crippen molar-refractivity contribution in [3.63, 3.8) is 0 Å². The van der Waals surface area contributed by atoms with Crippen LogP contribution in [0.2, 0.25) is 0 Å². The molecule has 0 fully saturated rings. The highest BCUT2D eigenvalue weighted by atomic mass is 16.5. The molecule has 0 amide bonds. The van der Waals surface area contributed by atoms with Gasteiger partial charge in [0, 0.05) is 18.8 Å². The van der Waals surface area contributed by atoms with Crippen molar-refractivity contribution < 1.29 is 4.74 Å². The molecule has 1 atom stereocenters. The number of nitrogens with one attached hydrogen (secondary N) is 1. The zero-order valence-electron chi connectivity index (χ0n) is 11.8. The van der Waals surface area contributed by atoms with Crippen LogP contribution in [0.15, 0.2) is 42.6 Å². The summed E-state index contributed by atoms with van der Waals surface area (Å²) in [4.78, 5) is 4.40. The molecule has 0 saturated heterocycles. The first-order valence-corrected chi connectivity index (χ1v) is 7.21. The van der Waals surface area contributed by atoms with Crippen LogP contribution in [0.3, 0.4) is 0 Å². The largest absolute Gasteiger partial charge is 0.469 e. The van der Waals surface area contributed by atoms with Gasteiger partial charge in [0.15, 0.2) is 0 Å². The summed E-state index contributed by atoms with van der Waals surface area (Å²) in [7, 11) is 1.93. The molecule has 0 aliphatic heterocycles. The number of hydrogen-bond acceptors (Lipinski definition) is 3. The lowest BCUT2D eigenvalue weighted by Gasteiger charge is -2.25. The molecule has 0 spiro atoms. The highest BCUT2D eigenvalue weighted by Crippen LogP contribution is 2.32. The average Bonchev–Trinajstić information content (AvgIpc) is 2.50. The van der Waals surface area contributed by atoms with Gasteiger partial charge in [0.25, 0.3) is 0 Å². The Hall–Kier alpha value is -1.87. The minimum atomic E-state index is 0.141. The Morgan fingerprint density at radius 3 is 2.95 bits per heavy atom. The van der Waals surface area contributed by atoms with Crippen molar-refractivity contribution in [1.29, 1.82) is 0 Å². The molecule has 1 heterocycles. The van der Waals surface area contributed by atoms with Crippen LogP contribution in [-0.4, -0.2) is 12.0 Å². The topological polar surface area (TPSA) is 34.1 Å². The van der Waals surface area contributed by atoms with Crippen LogP contribution in [0.4, 0.5) is 0 Å². The van der Waals surface area contributed by atoms with Gasteiger partial charge in [-0.1, -0.05) is 30.3 Å². The van der Waals surface area contributed by atoms with E-state index in [0.29, 0.717) is 5.88 Å². The van der Waals surface area contributed by atoms with Crippen molar-refractivity contribution >= 4 is 0 Å². The van der Waals surface area contributed by atoms with Crippen molar-refractivity contribution in [2.24, 2.45) is 0 Å². The van der Waals surface area contributed by atoms with E-state index >= 15 is 0 Å². The van der Waals surface area contributed by atoms with Gasteiger partial charge in [-0.25, -0.2) is 4.98 Å². The fourth-order valence-electron chi connectivity index (χ4n) is 2.77. The molecule has 1 aromatic carbocycles. The van der Waals surface area contributed by atoms with Crippen LogP contribution in [0.1, 0.15) is 35.6 Å². The molecule has 2 aromatic rings. The standard InChI is InChI=1S/C17H20N2O/c1-18-11-13-9-10-17(19-12-13)20-16-8-4-6-14-5-2-3-7-15(14)16/h2-3,5,7,9-10,12,16,18H,4,6,8,11H2,1H3. The summed E-state index contributed by atoms with van der Waals surface area (Å²) in [5.74, 6) is 0.714. The number of hydrogen-bond donors (Lipinski definition) is 1. The highest BCUT2D eigenvalue weighted by Gasteiger charge is 2.21. The van der Waals surface area contributed by atoms with Crippen molar-refractivity contribution in [3.05, 3.63) is 59.3 Å². The monoisotopic (exact) mass is 268 g/mol. The smallest absolute Gasteiger partial charge is 0.213 e. The maximum Gasteiger partial charge on any atom is 0.213 e. The molecule has 1 aromatic heterocycles. The van der Waals surface area contributed by atoms with Gasteiger partial charge in [-0.2, -0.15) is 0 Å². The molecule has 104 valence electrons. The van der Waals surface area contributed by atoms with Gasteiger partial charge < -0.3 is 10.1 Å². The number of benzene rings is 1. The average molecular weight is 268 g/mol. The van der Waals surface area contributed by atoms with E-state index in [0.717, 1.165) is 19.4 Å². The Bertz CT molecular complexity index is 565. The predicted octanol–water partition coefficient (Wildman–Crippen LogP) is 3.26. The highest BCUT2D eigenvalue weighted by molar-refractivity contribution is 5.32. The van der Waals surface area contributed by atoms with Crippen molar-refractivity contribution in [2.45, 2.75) is 31.9 Å². The zero-order valence-corrected chi connectivity index (χ0v) is 11.8. The summed E-state index contributed by atoms with van der Waals surface area (Å²) in [6.07, 6.45) is 5.42. The first-order valence-electron chi connectivity index (χ1n) is 7.21. The molecular weight excluding hydrogens is 248 g/mol. The van der Waals surface area contributed by atoms with E-state index in [1.165, 1.54) is 23.1 Å². The van der Waals surface area contributed by atoms with Crippen molar-refractivity contribution in [2.75, 3.05) is 7.05 Å². The maximum absolute atomic E-state index is 6.08.